The van der Waals surface area contributed by atoms with Crippen molar-refractivity contribution < 1.29 is 0 Å². The Kier molecular flexibility index (Phi) is 3.96. The zero-order chi connectivity index (χ0) is 14.9. The van der Waals surface area contributed by atoms with Gasteiger partial charge in [-0.1, -0.05) is 45.0 Å². The van der Waals surface area contributed by atoms with E-state index >= 15 is 0 Å². The molecule has 0 spiro atoms. The average Bonchev–Trinajstić information content (AvgIpc) is 2.47. The van der Waals surface area contributed by atoms with Crippen LogP contribution >= 0.6 is 0 Å². The Hall–Kier alpha value is -1.45. The second-order valence-corrected chi connectivity index (χ2v) is 6.98. The fraction of sp³-hybridized carbons (Fsp3) is 0.500. The first kappa shape index (κ1) is 14.5. The molecular formula is C18H25N3. The molecule has 0 radical (unpaired) electrons. The highest BCUT2D eigenvalue weighted by Crippen LogP contribution is 2.37. The van der Waals surface area contributed by atoms with Crippen LogP contribution in [0.3, 0.4) is 0 Å². The van der Waals surface area contributed by atoms with Crippen LogP contribution in [0, 0.1) is 5.41 Å². The van der Waals surface area contributed by atoms with Gasteiger partial charge in [-0.3, -0.25) is 9.88 Å². The second-order valence-electron chi connectivity index (χ2n) is 6.98. The van der Waals surface area contributed by atoms with Crippen molar-refractivity contribution in [3.8, 4) is 0 Å². The van der Waals surface area contributed by atoms with E-state index in [0.717, 1.165) is 31.7 Å². The van der Waals surface area contributed by atoms with Gasteiger partial charge in [0, 0.05) is 31.6 Å². The highest BCUT2D eigenvalue weighted by atomic mass is 15.2. The first-order chi connectivity index (χ1) is 10.1. The number of aromatic nitrogens is 1. The van der Waals surface area contributed by atoms with Crippen molar-refractivity contribution in [2.75, 3.05) is 26.2 Å². The van der Waals surface area contributed by atoms with Crippen LogP contribution < -0.4 is 5.32 Å². The lowest BCUT2D eigenvalue weighted by molar-refractivity contribution is 0.0834. The largest absolute Gasteiger partial charge is 0.314 e. The van der Waals surface area contributed by atoms with Gasteiger partial charge in [0.1, 0.15) is 0 Å². The number of benzene rings is 1. The molecule has 112 valence electrons. The molecular weight excluding hydrogens is 258 g/mol. The van der Waals surface area contributed by atoms with Gasteiger partial charge in [0.2, 0.25) is 0 Å². The Bertz CT molecular complexity index is 609. The predicted molar refractivity (Wildman–Crippen MR) is 88.4 cm³/mol. The van der Waals surface area contributed by atoms with Crippen LogP contribution in [0.5, 0.6) is 0 Å². The first-order valence-corrected chi connectivity index (χ1v) is 7.86. The minimum Gasteiger partial charge on any atom is -0.314 e. The Morgan fingerprint density at radius 2 is 1.76 bits per heavy atom. The van der Waals surface area contributed by atoms with Crippen molar-refractivity contribution in [3.05, 3.63) is 42.1 Å². The third-order valence-electron chi connectivity index (χ3n) is 4.24. The molecule has 21 heavy (non-hydrogen) atoms. The topological polar surface area (TPSA) is 28.2 Å². The molecule has 0 amide bonds. The summed E-state index contributed by atoms with van der Waals surface area (Å²) >= 11 is 0. The minimum absolute atomic E-state index is 0.173. The number of hydrogen-bond acceptors (Lipinski definition) is 3. The van der Waals surface area contributed by atoms with E-state index in [-0.39, 0.29) is 5.41 Å². The van der Waals surface area contributed by atoms with Gasteiger partial charge in [0.15, 0.2) is 0 Å². The molecule has 3 rings (SSSR count). The smallest absolute Gasteiger partial charge is 0.0706 e. The van der Waals surface area contributed by atoms with Gasteiger partial charge in [0.25, 0.3) is 0 Å². The fourth-order valence-electron chi connectivity index (χ4n) is 3.35. The third-order valence-corrected chi connectivity index (χ3v) is 4.24. The summed E-state index contributed by atoms with van der Waals surface area (Å²) in [5.74, 6) is 0. The van der Waals surface area contributed by atoms with Gasteiger partial charge in [-0.05, 0) is 17.5 Å². The summed E-state index contributed by atoms with van der Waals surface area (Å²) in [4.78, 5) is 7.53. The summed E-state index contributed by atoms with van der Waals surface area (Å²) in [6, 6.07) is 13.2. The molecule has 1 aliphatic heterocycles. The van der Waals surface area contributed by atoms with Crippen molar-refractivity contribution in [3.63, 3.8) is 0 Å². The molecule has 0 aliphatic carbocycles. The van der Waals surface area contributed by atoms with Crippen molar-refractivity contribution in [1.29, 1.82) is 0 Å². The summed E-state index contributed by atoms with van der Waals surface area (Å²) < 4.78 is 0. The summed E-state index contributed by atoms with van der Waals surface area (Å²) in [5.41, 5.74) is 2.47. The normalized spacial score (nSPS) is 18.8. The average molecular weight is 283 g/mol. The number of nitrogens with zero attached hydrogens (tertiary/aromatic N) is 2. The van der Waals surface area contributed by atoms with E-state index in [1.807, 2.05) is 0 Å². The molecule has 1 fully saturated rings. The van der Waals surface area contributed by atoms with E-state index in [1.54, 1.807) is 0 Å². The number of rotatable bonds is 2. The van der Waals surface area contributed by atoms with E-state index in [2.05, 4.69) is 67.4 Å². The highest BCUT2D eigenvalue weighted by molar-refractivity contribution is 5.78. The van der Waals surface area contributed by atoms with Crippen molar-refractivity contribution in [2.45, 2.75) is 26.8 Å². The van der Waals surface area contributed by atoms with Gasteiger partial charge in [-0.25, -0.2) is 0 Å². The molecule has 1 aliphatic rings. The van der Waals surface area contributed by atoms with Crippen LogP contribution in [0.15, 0.2) is 36.4 Å². The lowest BCUT2D eigenvalue weighted by atomic mass is 9.83. The zero-order valence-electron chi connectivity index (χ0n) is 13.3. The van der Waals surface area contributed by atoms with Crippen molar-refractivity contribution >= 4 is 10.9 Å². The lowest BCUT2D eigenvalue weighted by Gasteiger charge is -2.42. The molecule has 1 N–H and O–H groups in total. The van der Waals surface area contributed by atoms with Crippen LogP contribution in [-0.4, -0.2) is 36.1 Å². The molecule has 0 unspecified atom stereocenters. The SMILES string of the molecule is CC(C)(C)[C@@H](c1ccc2ccccc2n1)N1CCNCC1. The molecule has 0 bridgehead atoms. The van der Waals surface area contributed by atoms with E-state index in [1.165, 1.54) is 11.1 Å². The number of fused-ring (bicyclic) bond motifs is 1. The van der Waals surface area contributed by atoms with Crippen LogP contribution in [0.2, 0.25) is 0 Å². The number of para-hydroxylation sites is 1. The Balaban J connectivity index is 2.01. The van der Waals surface area contributed by atoms with Gasteiger partial charge in [-0.2, -0.15) is 0 Å². The predicted octanol–water partition coefficient (Wildman–Crippen LogP) is 3.23. The fourth-order valence-corrected chi connectivity index (χ4v) is 3.35. The van der Waals surface area contributed by atoms with E-state index < -0.39 is 0 Å². The summed E-state index contributed by atoms with van der Waals surface area (Å²) in [6.45, 7) is 11.3. The van der Waals surface area contributed by atoms with Gasteiger partial charge >= 0.3 is 0 Å². The Morgan fingerprint density at radius 3 is 2.48 bits per heavy atom. The molecule has 3 heteroatoms. The molecule has 0 saturated carbocycles. The number of piperazine rings is 1. The van der Waals surface area contributed by atoms with Crippen LogP contribution in [-0.2, 0) is 0 Å². The van der Waals surface area contributed by atoms with Crippen LogP contribution in [0.25, 0.3) is 10.9 Å². The Labute approximate surface area is 127 Å². The zero-order valence-corrected chi connectivity index (χ0v) is 13.3. The maximum absolute atomic E-state index is 4.96. The minimum atomic E-state index is 0.173. The maximum atomic E-state index is 4.96. The van der Waals surface area contributed by atoms with Gasteiger partial charge in [0.05, 0.1) is 17.3 Å². The molecule has 1 aromatic carbocycles. The highest BCUT2D eigenvalue weighted by Gasteiger charge is 2.33. The van der Waals surface area contributed by atoms with E-state index in [4.69, 9.17) is 4.98 Å². The third kappa shape index (κ3) is 3.09. The molecule has 2 aromatic rings. The van der Waals surface area contributed by atoms with E-state index in [9.17, 15) is 0 Å². The quantitative estimate of drug-likeness (QED) is 0.917. The molecule has 3 nitrogen and oxygen atoms in total. The summed E-state index contributed by atoms with van der Waals surface area (Å²) in [6.07, 6.45) is 0. The standard InChI is InChI=1S/C18H25N3/c1-18(2,3)17(21-12-10-19-11-13-21)16-9-8-14-6-4-5-7-15(14)20-16/h4-9,17,19H,10-13H2,1-3H3/t17-/m1/s1. The second kappa shape index (κ2) is 5.74. The van der Waals surface area contributed by atoms with Crippen LogP contribution in [0.4, 0.5) is 0 Å². The molecule has 1 aromatic heterocycles. The van der Waals surface area contributed by atoms with Crippen molar-refractivity contribution in [2.24, 2.45) is 5.41 Å². The molecule has 1 saturated heterocycles. The van der Waals surface area contributed by atoms with Gasteiger partial charge in [-0.15, -0.1) is 0 Å². The van der Waals surface area contributed by atoms with Crippen molar-refractivity contribution in [1.82, 2.24) is 15.2 Å². The number of pyridine rings is 1. The van der Waals surface area contributed by atoms with Gasteiger partial charge < -0.3 is 5.32 Å². The Morgan fingerprint density at radius 1 is 1.05 bits per heavy atom. The number of hydrogen-bond donors (Lipinski definition) is 1. The molecule has 1 atom stereocenters. The summed E-state index contributed by atoms with van der Waals surface area (Å²) in [7, 11) is 0. The van der Waals surface area contributed by atoms with Crippen LogP contribution in [0.1, 0.15) is 32.5 Å². The maximum Gasteiger partial charge on any atom is 0.0706 e. The lowest BCUT2D eigenvalue weighted by Crippen LogP contribution is -2.48. The first-order valence-electron chi connectivity index (χ1n) is 7.86. The monoisotopic (exact) mass is 283 g/mol. The number of nitrogens with one attached hydrogen (secondary N) is 1. The van der Waals surface area contributed by atoms with E-state index in [0.29, 0.717) is 6.04 Å². The summed E-state index contributed by atoms with van der Waals surface area (Å²) in [5, 5.41) is 4.66. The molecule has 2 heterocycles.